The molecule has 0 aliphatic rings. The third-order valence-corrected chi connectivity index (χ3v) is 3.89. The van der Waals surface area contributed by atoms with Crippen LogP contribution >= 0.6 is 23.2 Å². The molecule has 1 amide bonds. The summed E-state index contributed by atoms with van der Waals surface area (Å²) in [6, 6.07) is 4.06. The molecule has 0 heterocycles. The molecule has 1 aromatic carbocycles. The number of carbonyl (C=O) groups is 2. The smallest absolute Gasteiger partial charge is 0.326 e. The molecular formula is C15H17Cl2NO3. The minimum atomic E-state index is -1.04. The van der Waals surface area contributed by atoms with Crippen molar-refractivity contribution in [3.63, 3.8) is 0 Å². The van der Waals surface area contributed by atoms with Crippen LogP contribution in [-0.2, 0) is 9.59 Å². The lowest BCUT2D eigenvalue weighted by Gasteiger charge is -2.19. The van der Waals surface area contributed by atoms with E-state index in [-0.39, 0.29) is 5.92 Å². The van der Waals surface area contributed by atoms with Crippen molar-refractivity contribution in [2.75, 3.05) is 0 Å². The number of amides is 1. The lowest BCUT2D eigenvalue weighted by atomic mass is 9.99. The number of hydrogen-bond acceptors (Lipinski definition) is 2. The van der Waals surface area contributed by atoms with Gasteiger partial charge >= 0.3 is 5.97 Å². The van der Waals surface area contributed by atoms with E-state index in [4.69, 9.17) is 28.3 Å². The van der Waals surface area contributed by atoms with E-state index in [0.29, 0.717) is 22.0 Å². The Labute approximate surface area is 133 Å². The van der Waals surface area contributed by atoms with E-state index in [1.54, 1.807) is 31.2 Å². The Kier molecular flexibility index (Phi) is 6.72. The van der Waals surface area contributed by atoms with Crippen molar-refractivity contribution < 1.29 is 14.7 Å². The largest absolute Gasteiger partial charge is 0.480 e. The van der Waals surface area contributed by atoms with Crippen LogP contribution in [0.1, 0.15) is 25.8 Å². The van der Waals surface area contributed by atoms with Crippen molar-refractivity contribution in [2.24, 2.45) is 5.92 Å². The summed E-state index contributed by atoms with van der Waals surface area (Å²) in [5.41, 5.74) is 0.704. The van der Waals surface area contributed by atoms with Gasteiger partial charge in [0.15, 0.2) is 0 Å². The molecule has 2 N–H and O–H groups in total. The zero-order valence-corrected chi connectivity index (χ0v) is 13.3. The Morgan fingerprint density at radius 3 is 2.52 bits per heavy atom. The van der Waals surface area contributed by atoms with E-state index >= 15 is 0 Å². The molecule has 4 nitrogen and oxygen atoms in total. The highest BCUT2D eigenvalue weighted by molar-refractivity contribution is 6.42. The maximum atomic E-state index is 11.8. The minimum Gasteiger partial charge on any atom is -0.480 e. The van der Waals surface area contributed by atoms with Crippen molar-refractivity contribution in [3.8, 4) is 0 Å². The topological polar surface area (TPSA) is 66.4 Å². The Bertz CT molecular complexity index is 558. The number of nitrogens with one attached hydrogen (secondary N) is 1. The fraction of sp³-hybridized carbons (Fsp3) is 0.333. The second-order valence-electron chi connectivity index (χ2n) is 4.72. The first-order valence-electron chi connectivity index (χ1n) is 6.51. The maximum Gasteiger partial charge on any atom is 0.326 e. The van der Waals surface area contributed by atoms with Crippen LogP contribution in [0.4, 0.5) is 0 Å². The molecule has 6 heteroatoms. The van der Waals surface area contributed by atoms with E-state index in [0.717, 1.165) is 0 Å². The zero-order valence-electron chi connectivity index (χ0n) is 11.8. The van der Waals surface area contributed by atoms with Gasteiger partial charge in [0.05, 0.1) is 10.0 Å². The Morgan fingerprint density at radius 2 is 2.00 bits per heavy atom. The number of carboxylic acids is 1. The molecule has 0 aliphatic heterocycles. The quantitative estimate of drug-likeness (QED) is 0.783. The number of aliphatic carboxylic acids is 1. The number of halogens is 2. The first-order valence-corrected chi connectivity index (χ1v) is 7.27. The molecule has 0 aromatic heterocycles. The summed E-state index contributed by atoms with van der Waals surface area (Å²) >= 11 is 11.7. The average molecular weight is 330 g/mol. The van der Waals surface area contributed by atoms with E-state index in [1.807, 2.05) is 6.92 Å². The number of carboxylic acid groups (broad SMARTS) is 1. The number of benzene rings is 1. The van der Waals surface area contributed by atoms with Gasteiger partial charge in [0.1, 0.15) is 6.04 Å². The van der Waals surface area contributed by atoms with Crippen molar-refractivity contribution in [1.82, 2.24) is 5.32 Å². The lowest BCUT2D eigenvalue weighted by Crippen LogP contribution is -2.44. The van der Waals surface area contributed by atoms with Crippen molar-refractivity contribution in [2.45, 2.75) is 26.3 Å². The number of rotatable bonds is 6. The predicted molar refractivity (Wildman–Crippen MR) is 84.5 cm³/mol. The van der Waals surface area contributed by atoms with Crippen molar-refractivity contribution in [1.29, 1.82) is 0 Å². The molecule has 0 spiro atoms. The first kappa shape index (κ1) is 17.5. The molecule has 0 saturated heterocycles. The Morgan fingerprint density at radius 1 is 1.33 bits per heavy atom. The van der Waals surface area contributed by atoms with E-state index < -0.39 is 17.9 Å². The van der Waals surface area contributed by atoms with E-state index in [9.17, 15) is 9.59 Å². The summed E-state index contributed by atoms with van der Waals surface area (Å²) in [4.78, 5) is 22.9. The van der Waals surface area contributed by atoms with Gasteiger partial charge in [0.2, 0.25) is 5.91 Å². The molecular weight excluding hydrogens is 313 g/mol. The molecule has 0 bridgehead atoms. The molecule has 1 unspecified atom stereocenters. The van der Waals surface area contributed by atoms with Crippen LogP contribution in [0, 0.1) is 5.92 Å². The number of carbonyl (C=O) groups excluding carboxylic acids is 1. The van der Waals surface area contributed by atoms with E-state index in [1.165, 1.54) is 6.08 Å². The van der Waals surface area contributed by atoms with Gasteiger partial charge in [0, 0.05) is 6.08 Å². The van der Waals surface area contributed by atoms with Crippen molar-refractivity contribution >= 4 is 41.2 Å². The Balaban J connectivity index is 2.73. The summed E-state index contributed by atoms with van der Waals surface area (Å²) in [5.74, 6) is -1.65. The normalized spacial score (nSPS) is 13.9. The fourth-order valence-electron chi connectivity index (χ4n) is 1.67. The summed E-state index contributed by atoms with van der Waals surface area (Å²) in [6.07, 6.45) is 3.48. The van der Waals surface area contributed by atoms with Crippen LogP contribution < -0.4 is 5.32 Å². The van der Waals surface area contributed by atoms with Crippen LogP contribution in [-0.4, -0.2) is 23.0 Å². The molecule has 1 aromatic rings. The van der Waals surface area contributed by atoms with Gasteiger partial charge in [-0.2, -0.15) is 0 Å². The summed E-state index contributed by atoms with van der Waals surface area (Å²) in [7, 11) is 0. The fourth-order valence-corrected chi connectivity index (χ4v) is 1.98. The molecule has 0 aliphatic carbocycles. The molecule has 1 rings (SSSR count). The molecule has 114 valence electrons. The molecule has 0 saturated carbocycles. The Hall–Kier alpha value is -1.52. The van der Waals surface area contributed by atoms with Gasteiger partial charge in [-0.3, -0.25) is 4.79 Å². The maximum absolute atomic E-state index is 11.8. The predicted octanol–water partition coefficient (Wildman–Crippen LogP) is 3.62. The van der Waals surface area contributed by atoms with Gasteiger partial charge in [0.25, 0.3) is 0 Å². The minimum absolute atomic E-state index is 0.148. The van der Waals surface area contributed by atoms with Crippen LogP contribution in [0.15, 0.2) is 24.3 Å². The molecule has 0 radical (unpaired) electrons. The van der Waals surface area contributed by atoms with Crippen LogP contribution in [0.25, 0.3) is 6.08 Å². The zero-order chi connectivity index (χ0) is 16.0. The standard InChI is InChI=1S/C15H17Cl2NO3/c1-3-9(2)14(15(20)21)18-13(19)7-5-10-4-6-11(16)12(17)8-10/h4-9,14H,3H2,1-2H3,(H,18,19)(H,20,21)/b7-5+/t9?,14-/m0/s1. The highest BCUT2D eigenvalue weighted by Crippen LogP contribution is 2.23. The van der Waals surface area contributed by atoms with Crippen LogP contribution in [0.5, 0.6) is 0 Å². The SMILES string of the molecule is CCC(C)[C@H](NC(=O)/C=C/c1ccc(Cl)c(Cl)c1)C(=O)O. The summed E-state index contributed by atoms with van der Waals surface area (Å²) in [5, 5.41) is 12.4. The van der Waals surface area contributed by atoms with Gasteiger partial charge in [-0.15, -0.1) is 0 Å². The van der Waals surface area contributed by atoms with Crippen LogP contribution in [0.3, 0.4) is 0 Å². The van der Waals surface area contributed by atoms with Crippen molar-refractivity contribution in [3.05, 3.63) is 39.9 Å². The average Bonchev–Trinajstić information content (AvgIpc) is 2.44. The van der Waals surface area contributed by atoms with Gasteiger partial charge in [-0.1, -0.05) is 49.5 Å². The highest BCUT2D eigenvalue weighted by Gasteiger charge is 2.24. The molecule has 21 heavy (non-hydrogen) atoms. The highest BCUT2D eigenvalue weighted by atomic mass is 35.5. The summed E-state index contributed by atoms with van der Waals surface area (Å²) in [6.45, 7) is 3.65. The van der Waals surface area contributed by atoms with Crippen LogP contribution in [0.2, 0.25) is 10.0 Å². The van der Waals surface area contributed by atoms with Gasteiger partial charge in [-0.05, 0) is 29.7 Å². The second kappa shape index (κ2) is 8.05. The molecule has 0 fully saturated rings. The molecule has 2 atom stereocenters. The van der Waals surface area contributed by atoms with E-state index in [2.05, 4.69) is 5.32 Å². The lowest BCUT2D eigenvalue weighted by molar-refractivity contribution is -0.142. The summed E-state index contributed by atoms with van der Waals surface area (Å²) < 4.78 is 0. The third-order valence-electron chi connectivity index (χ3n) is 3.15. The number of hydrogen-bond donors (Lipinski definition) is 2. The monoisotopic (exact) mass is 329 g/mol. The first-order chi connectivity index (χ1) is 9.85. The third kappa shape index (κ3) is 5.40. The van der Waals surface area contributed by atoms with Gasteiger partial charge < -0.3 is 10.4 Å². The second-order valence-corrected chi connectivity index (χ2v) is 5.53. The van der Waals surface area contributed by atoms with Gasteiger partial charge in [-0.25, -0.2) is 4.79 Å².